The molecule has 1 fully saturated rings. The Hall–Kier alpha value is -1.63. The molecule has 1 aliphatic rings. The van der Waals surface area contributed by atoms with Crippen LogP contribution in [0.3, 0.4) is 0 Å². The van der Waals surface area contributed by atoms with Crippen molar-refractivity contribution < 1.29 is 13.6 Å². The molecule has 0 aromatic heterocycles. The first-order valence-electron chi connectivity index (χ1n) is 9.66. The van der Waals surface area contributed by atoms with Gasteiger partial charge in [0.15, 0.2) is 0 Å². The molecule has 2 aromatic carbocycles. The van der Waals surface area contributed by atoms with E-state index < -0.39 is 11.6 Å². The van der Waals surface area contributed by atoms with E-state index in [9.17, 15) is 13.6 Å². The van der Waals surface area contributed by atoms with Crippen LogP contribution < -0.4 is 0 Å². The van der Waals surface area contributed by atoms with Crippen LogP contribution >= 0.6 is 23.4 Å². The fourth-order valence-corrected chi connectivity index (χ4v) is 5.22. The Bertz CT molecular complexity index is 844. The van der Waals surface area contributed by atoms with Gasteiger partial charge in [-0.05, 0) is 29.7 Å². The Balaban J connectivity index is 1.74. The minimum atomic E-state index is -0.606. The quantitative estimate of drug-likeness (QED) is 0.582. The van der Waals surface area contributed by atoms with Gasteiger partial charge in [0, 0.05) is 42.0 Å². The van der Waals surface area contributed by atoms with Crippen molar-refractivity contribution in [2.45, 2.75) is 25.8 Å². The van der Waals surface area contributed by atoms with Crippen LogP contribution in [0.15, 0.2) is 42.5 Å². The van der Waals surface area contributed by atoms with Gasteiger partial charge in [-0.25, -0.2) is 8.78 Å². The maximum atomic E-state index is 13.6. The van der Waals surface area contributed by atoms with Gasteiger partial charge in [-0.2, -0.15) is 0 Å². The highest BCUT2D eigenvalue weighted by molar-refractivity contribution is 7.99. The standard InChI is InChI=1S/C22H25ClF2N2OS/c1-15(2)12-26(13-16-9-17(24)11-18(25)10-16)14-21(28)27-7-8-29-22(27)19-5-3-4-6-20(19)23/h3-6,9-11,15,22H,7-8,12-14H2,1-2H3. The van der Waals surface area contributed by atoms with Crippen molar-refractivity contribution >= 4 is 29.3 Å². The summed E-state index contributed by atoms with van der Waals surface area (Å²) in [5.74, 6) is -0.0527. The van der Waals surface area contributed by atoms with Crippen LogP contribution in [-0.4, -0.2) is 41.1 Å². The van der Waals surface area contributed by atoms with E-state index in [4.69, 9.17) is 11.6 Å². The van der Waals surface area contributed by atoms with Gasteiger partial charge >= 0.3 is 0 Å². The minimum absolute atomic E-state index is 0.00237. The molecular formula is C22H25ClF2N2OS. The molecule has 1 aliphatic heterocycles. The van der Waals surface area contributed by atoms with E-state index in [0.29, 0.717) is 36.1 Å². The fraction of sp³-hybridized carbons (Fsp3) is 0.409. The average molecular weight is 439 g/mol. The lowest BCUT2D eigenvalue weighted by molar-refractivity contribution is -0.132. The third-order valence-corrected chi connectivity index (χ3v) is 6.28. The summed E-state index contributed by atoms with van der Waals surface area (Å²) in [5.41, 5.74) is 1.46. The van der Waals surface area contributed by atoms with E-state index >= 15 is 0 Å². The molecule has 2 aromatic rings. The molecule has 0 spiro atoms. The number of benzene rings is 2. The SMILES string of the molecule is CC(C)CN(CC(=O)N1CCSC1c1ccccc1Cl)Cc1cc(F)cc(F)c1. The molecule has 0 N–H and O–H groups in total. The Kier molecular flexibility index (Phi) is 7.55. The fourth-order valence-electron chi connectivity index (χ4n) is 3.60. The van der Waals surface area contributed by atoms with Gasteiger partial charge in [-0.3, -0.25) is 9.69 Å². The maximum Gasteiger partial charge on any atom is 0.237 e. The number of hydrogen-bond acceptors (Lipinski definition) is 3. The monoisotopic (exact) mass is 438 g/mol. The van der Waals surface area contributed by atoms with Gasteiger partial charge in [0.1, 0.15) is 17.0 Å². The number of halogens is 3. The number of thioether (sulfide) groups is 1. The minimum Gasteiger partial charge on any atom is -0.325 e. The van der Waals surface area contributed by atoms with E-state index in [-0.39, 0.29) is 17.8 Å². The van der Waals surface area contributed by atoms with Crippen molar-refractivity contribution in [1.82, 2.24) is 9.80 Å². The second kappa shape index (κ2) is 9.92. The third-order valence-electron chi connectivity index (χ3n) is 4.69. The molecule has 0 radical (unpaired) electrons. The van der Waals surface area contributed by atoms with E-state index in [2.05, 4.69) is 13.8 Å². The molecule has 1 saturated heterocycles. The van der Waals surface area contributed by atoms with Crippen molar-refractivity contribution in [3.63, 3.8) is 0 Å². The van der Waals surface area contributed by atoms with Crippen molar-refractivity contribution in [3.8, 4) is 0 Å². The number of carbonyl (C=O) groups is 1. The zero-order valence-corrected chi connectivity index (χ0v) is 18.1. The predicted molar refractivity (Wildman–Crippen MR) is 115 cm³/mol. The smallest absolute Gasteiger partial charge is 0.237 e. The van der Waals surface area contributed by atoms with Crippen LogP contribution in [0.4, 0.5) is 8.78 Å². The number of hydrogen-bond donors (Lipinski definition) is 0. The lowest BCUT2D eigenvalue weighted by atomic mass is 10.1. The van der Waals surface area contributed by atoms with E-state index in [1.165, 1.54) is 12.1 Å². The Morgan fingerprint density at radius 1 is 1.24 bits per heavy atom. The summed E-state index contributed by atoms with van der Waals surface area (Å²) in [6.45, 7) is 5.93. The van der Waals surface area contributed by atoms with Crippen LogP contribution in [0.1, 0.15) is 30.3 Å². The Morgan fingerprint density at radius 2 is 1.93 bits per heavy atom. The topological polar surface area (TPSA) is 23.6 Å². The molecule has 156 valence electrons. The summed E-state index contributed by atoms with van der Waals surface area (Å²) in [7, 11) is 0. The molecule has 1 unspecified atom stereocenters. The number of amides is 1. The van der Waals surface area contributed by atoms with Crippen molar-refractivity contribution in [2.24, 2.45) is 5.92 Å². The molecule has 3 rings (SSSR count). The highest BCUT2D eigenvalue weighted by atomic mass is 35.5. The molecule has 3 nitrogen and oxygen atoms in total. The van der Waals surface area contributed by atoms with Gasteiger partial charge in [-0.1, -0.05) is 43.6 Å². The zero-order valence-electron chi connectivity index (χ0n) is 16.6. The second-order valence-electron chi connectivity index (χ2n) is 7.67. The lowest BCUT2D eigenvalue weighted by Crippen LogP contribution is -2.41. The number of rotatable bonds is 7. The summed E-state index contributed by atoms with van der Waals surface area (Å²) >= 11 is 8.05. The summed E-state index contributed by atoms with van der Waals surface area (Å²) in [6, 6.07) is 11.1. The molecule has 1 amide bonds. The summed E-state index contributed by atoms with van der Waals surface area (Å²) in [4.78, 5) is 16.9. The van der Waals surface area contributed by atoms with Crippen LogP contribution in [-0.2, 0) is 11.3 Å². The molecule has 29 heavy (non-hydrogen) atoms. The van der Waals surface area contributed by atoms with Crippen LogP contribution in [0, 0.1) is 17.6 Å². The molecule has 7 heteroatoms. The van der Waals surface area contributed by atoms with Crippen molar-refractivity contribution in [2.75, 3.05) is 25.4 Å². The first-order chi connectivity index (χ1) is 13.8. The van der Waals surface area contributed by atoms with Crippen LogP contribution in [0.25, 0.3) is 0 Å². The third kappa shape index (κ3) is 5.93. The van der Waals surface area contributed by atoms with E-state index in [1.807, 2.05) is 34.1 Å². The van der Waals surface area contributed by atoms with Crippen molar-refractivity contribution in [1.29, 1.82) is 0 Å². The number of carbonyl (C=O) groups excluding carboxylic acids is 1. The van der Waals surface area contributed by atoms with Gasteiger partial charge in [-0.15, -0.1) is 11.8 Å². The number of nitrogens with zero attached hydrogens (tertiary/aromatic N) is 2. The molecule has 1 atom stereocenters. The van der Waals surface area contributed by atoms with Gasteiger partial charge in [0.2, 0.25) is 5.91 Å². The normalized spacial score (nSPS) is 16.8. The molecule has 0 aliphatic carbocycles. The highest BCUT2D eigenvalue weighted by Gasteiger charge is 2.32. The highest BCUT2D eigenvalue weighted by Crippen LogP contribution is 2.40. The van der Waals surface area contributed by atoms with Gasteiger partial charge in [0.05, 0.1) is 6.54 Å². The Morgan fingerprint density at radius 3 is 2.59 bits per heavy atom. The molecule has 0 bridgehead atoms. The van der Waals surface area contributed by atoms with Gasteiger partial charge < -0.3 is 4.90 Å². The maximum absolute atomic E-state index is 13.6. The summed E-state index contributed by atoms with van der Waals surface area (Å²) in [5, 5.41) is 0.544. The zero-order chi connectivity index (χ0) is 21.0. The average Bonchev–Trinajstić information content (AvgIpc) is 3.10. The Labute approximate surface area is 180 Å². The largest absolute Gasteiger partial charge is 0.325 e. The van der Waals surface area contributed by atoms with Crippen molar-refractivity contribution in [3.05, 3.63) is 70.2 Å². The van der Waals surface area contributed by atoms with E-state index in [1.54, 1.807) is 11.8 Å². The first-order valence-corrected chi connectivity index (χ1v) is 11.1. The predicted octanol–water partition coefficient (Wildman–Crippen LogP) is 5.35. The summed E-state index contributed by atoms with van der Waals surface area (Å²) in [6.07, 6.45) is 0. The van der Waals surface area contributed by atoms with Crippen LogP contribution in [0.2, 0.25) is 5.02 Å². The summed E-state index contributed by atoms with van der Waals surface area (Å²) < 4.78 is 27.2. The lowest BCUT2D eigenvalue weighted by Gasteiger charge is -2.29. The molecular weight excluding hydrogens is 414 g/mol. The molecule has 1 heterocycles. The molecule has 0 saturated carbocycles. The van der Waals surface area contributed by atoms with Crippen LogP contribution in [0.5, 0.6) is 0 Å². The van der Waals surface area contributed by atoms with Gasteiger partial charge in [0.25, 0.3) is 0 Å². The van der Waals surface area contributed by atoms with E-state index in [0.717, 1.165) is 17.4 Å². The second-order valence-corrected chi connectivity index (χ2v) is 9.27. The first kappa shape index (κ1) is 22.1.